The van der Waals surface area contributed by atoms with Crippen LogP contribution in [0.5, 0.6) is 5.75 Å². The Bertz CT molecular complexity index is 1340. The van der Waals surface area contributed by atoms with E-state index in [0.29, 0.717) is 35.1 Å². The van der Waals surface area contributed by atoms with Gasteiger partial charge in [-0.3, -0.25) is 0 Å². The molecule has 35 heavy (non-hydrogen) atoms. The Kier molecular flexibility index (Phi) is 7.21. The van der Waals surface area contributed by atoms with Gasteiger partial charge in [-0.2, -0.15) is 5.26 Å². The summed E-state index contributed by atoms with van der Waals surface area (Å²) in [5, 5.41) is 19.5. The molecule has 1 fully saturated rings. The fraction of sp³-hybridized carbons (Fsp3) is 0.231. The van der Waals surface area contributed by atoms with Gasteiger partial charge < -0.3 is 20.3 Å². The summed E-state index contributed by atoms with van der Waals surface area (Å²) in [5.74, 6) is -0.303. The second-order valence-corrected chi connectivity index (χ2v) is 9.27. The first-order valence-electron chi connectivity index (χ1n) is 10.9. The zero-order chi connectivity index (χ0) is 24.9. The molecule has 3 aromatic rings. The van der Waals surface area contributed by atoms with Crippen LogP contribution in [0.3, 0.4) is 0 Å². The number of aromatic nitrogens is 1. The van der Waals surface area contributed by atoms with Gasteiger partial charge in [0.05, 0.1) is 30.9 Å². The Morgan fingerprint density at radius 2 is 2.14 bits per heavy atom. The number of aromatic carboxylic acids is 1. The van der Waals surface area contributed by atoms with Crippen LogP contribution in [0.15, 0.2) is 53.6 Å². The van der Waals surface area contributed by atoms with Crippen LogP contribution < -0.4 is 10.5 Å². The van der Waals surface area contributed by atoms with Gasteiger partial charge in [-0.1, -0.05) is 36.0 Å². The summed E-state index contributed by atoms with van der Waals surface area (Å²) in [6, 6.07) is 16.0. The predicted octanol–water partition coefficient (Wildman–Crippen LogP) is 5.47. The molecular weight excluding hydrogens is 464 g/mol. The minimum absolute atomic E-state index is 0.00927. The summed E-state index contributed by atoms with van der Waals surface area (Å²) in [5.41, 5.74) is 8.52. The molecule has 9 heteroatoms. The van der Waals surface area contributed by atoms with Crippen LogP contribution in [0.2, 0.25) is 0 Å². The van der Waals surface area contributed by atoms with Crippen LogP contribution in [0.1, 0.15) is 40.1 Å². The highest BCUT2D eigenvalue weighted by Crippen LogP contribution is 2.44. The summed E-state index contributed by atoms with van der Waals surface area (Å²) >= 11 is 1.29. The topological polar surface area (TPSA) is 123 Å². The lowest BCUT2D eigenvalue weighted by Crippen LogP contribution is -2.15. The van der Waals surface area contributed by atoms with Gasteiger partial charge in [0.15, 0.2) is 0 Å². The quantitative estimate of drug-likeness (QED) is 0.333. The number of nitriles is 1. The number of nitrogens with zero attached hydrogens (tertiary/aromatic N) is 3. The highest BCUT2D eigenvalue weighted by atomic mass is 32.2. The number of carboxylic acid groups (broad SMARTS) is 1. The summed E-state index contributed by atoms with van der Waals surface area (Å²) in [6.45, 7) is 10.8. The maximum Gasteiger partial charge on any atom is 0.335 e. The molecule has 2 unspecified atom stereocenters. The van der Waals surface area contributed by atoms with Crippen molar-refractivity contribution >= 4 is 29.2 Å². The lowest BCUT2D eigenvalue weighted by Gasteiger charge is -2.17. The molecule has 1 aromatic heterocycles. The zero-order valence-corrected chi connectivity index (χ0v) is 19.7. The first-order valence-corrected chi connectivity index (χ1v) is 11.7. The van der Waals surface area contributed by atoms with Gasteiger partial charge in [-0.25, -0.2) is 14.6 Å². The summed E-state index contributed by atoms with van der Waals surface area (Å²) in [4.78, 5) is 19.3. The van der Waals surface area contributed by atoms with Gasteiger partial charge in [0.1, 0.15) is 28.8 Å². The number of anilines is 1. The lowest BCUT2D eigenvalue weighted by atomic mass is 10.00. The van der Waals surface area contributed by atoms with E-state index in [4.69, 9.17) is 21.8 Å². The first kappa shape index (κ1) is 24.1. The van der Waals surface area contributed by atoms with E-state index in [9.17, 15) is 15.2 Å². The molecule has 3 N–H and O–H groups in total. The number of pyridine rings is 1. The molecule has 4 rings (SSSR count). The van der Waals surface area contributed by atoms with Crippen molar-refractivity contribution in [2.75, 3.05) is 18.9 Å². The molecule has 0 saturated carbocycles. The highest BCUT2D eigenvalue weighted by molar-refractivity contribution is 7.99. The van der Waals surface area contributed by atoms with Crippen molar-refractivity contribution in [2.24, 2.45) is 0 Å². The predicted molar refractivity (Wildman–Crippen MR) is 133 cm³/mol. The lowest BCUT2D eigenvalue weighted by molar-refractivity contribution is 0.0696. The van der Waals surface area contributed by atoms with Crippen molar-refractivity contribution in [1.82, 2.24) is 4.98 Å². The Balaban J connectivity index is 1.70. The van der Waals surface area contributed by atoms with Crippen LogP contribution in [0, 0.1) is 17.9 Å². The molecule has 2 atom stereocenters. The SMILES string of the molecule is [C-]#[N+]c1c(N)nc(SC(C)c2cccc(C(=O)O)c2)c(C#N)c1-c1ccc(OC2CCOC2)cc1. The van der Waals surface area contributed by atoms with E-state index in [0.717, 1.165) is 12.0 Å². The highest BCUT2D eigenvalue weighted by Gasteiger charge is 2.23. The standard InChI is InChI=1S/C26H22N4O4S/c1-15(17-4-3-5-18(12-17)26(31)32)35-25-21(13-27)22(23(29-2)24(28)30-25)16-6-8-19(9-7-16)34-20-10-11-33-14-20/h3-9,12,15,20H,10-11,14H2,1H3,(H2,28,30)(H,31,32). The number of hydrogen-bond donors (Lipinski definition) is 2. The fourth-order valence-corrected chi connectivity index (χ4v) is 4.85. The molecule has 1 aliphatic heterocycles. The third-order valence-electron chi connectivity index (χ3n) is 5.61. The van der Waals surface area contributed by atoms with Gasteiger partial charge in [-0.05, 0) is 42.3 Å². The van der Waals surface area contributed by atoms with Crippen LogP contribution in [-0.4, -0.2) is 35.4 Å². The van der Waals surface area contributed by atoms with E-state index in [-0.39, 0.29) is 34.0 Å². The maximum atomic E-state index is 11.3. The Morgan fingerprint density at radius 1 is 1.37 bits per heavy atom. The number of hydrogen-bond acceptors (Lipinski definition) is 7. The van der Waals surface area contributed by atoms with Crippen molar-refractivity contribution in [1.29, 1.82) is 5.26 Å². The molecule has 0 amide bonds. The first-order chi connectivity index (χ1) is 16.9. The fourth-order valence-electron chi connectivity index (χ4n) is 3.81. The average Bonchev–Trinajstić information content (AvgIpc) is 3.37. The van der Waals surface area contributed by atoms with Gasteiger partial charge in [0.2, 0.25) is 5.69 Å². The Morgan fingerprint density at radius 3 is 2.77 bits per heavy atom. The minimum atomic E-state index is -1.01. The van der Waals surface area contributed by atoms with E-state index in [1.165, 1.54) is 17.8 Å². The third-order valence-corrected chi connectivity index (χ3v) is 6.76. The number of thioether (sulfide) groups is 1. The second kappa shape index (κ2) is 10.5. The molecule has 1 aliphatic rings. The van der Waals surface area contributed by atoms with E-state index in [1.807, 2.05) is 13.0 Å². The summed E-state index contributed by atoms with van der Waals surface area (Å²) < 4.78 is 11.3. The maximum absolute atomic E-state index is 11.3. The number of rotatable bonds is 7. The third kappa shape index (κ3) is 5.22. The van der Waals surface area contributed by atoms with Crippen LogP contribution >= 0.6 is 11.8 Å². The number of nitrogens with two attached hydrogens (primary N) is 1. The van der Waals surface area contributed by atoms with Gasteiger partial charge in [0.25, 0.3) is 0 Å². The Labute approximate surface area is 207 Å². The number of ether oxygens (including phenoxy) is 2. The van der Waals surface area contributed by atoms with E-state index >= 15 is 0 Å². The molecule has 0 bridgehead atoms. The zero-order valence-electron chi connectivity index (χ0n) is 18.9. The molecule has 0 radical (unpaired) electrons. The molecule has 0 spiro atoms. The number of benzene rings is 2. The number of carboxylic acids is 1. The van der Waals surface area contributed by atoms with E-state index in [1.54, 1.807) is 36.4 Å². The Hall–Kier alpha value is -4.05. The van der Waals surface area contributed by atoms with Crippen LogP contribution in [0.25, 0.3) is 16.0 Å². The summed E-state index contributed by atoms with van der Waals surface area (Å²) in [7, 11) is 0. The molecule has 0 aliphatic carbocycles. The molecule has 8 nitrogen and oxygen atoms in total. The van der Waals surface area contributed by atoms with Crippen LogP contribution in [0.4, 0.5) is 11.5 Å². The molecule has 2 aromatic carbocycles. The van der Waals surface area contributed by atoms with Crippen molar-refractivity contribution in [3.63, 3.8) is 0 Å². The van der Waals surface area contributed by atoms with Crippen LogP contribution in [-0.2, 0) is 4.74 Å². The smallest absolute Gasteiger partial charge is 0.335 e. The number of nitrogen functional groups attached to an aromatic ring is 1. The monoisotopic (exact) mass is 486 g/mol. The second-order valence-electron chi connectivity index (χ2n) is 7.94. The van der Waals surface area contributed by atoms with Gasteiger partial charge in [-0.15, -0.1) is 0 Å². The van der Waals surface area contributed by atoms with Crippen molar-refractivity contribution < 1.29 is 19.4 Å². The van der Waals surface area contributed by atoms with Crippen molar-refractivity contribution in [3.8, 4) is 22.9 Å². The van der Waals surface area contributed by atoms with Gasteiger partial charge >= 0.3 is 5.97 Å². The normalized spacial score (nSPS) is 15.7. The van der Waals surface area contributed by atoms with E-state index in [2.05, 4.69) is 15.9 Å². The van der Waals surface area contributed by atoms with Crippen molar-refractivity contribution in [2.45, 2.75) is 29.7 Å². The molecular formula is C26H22N4O4S. The molecule has 176 valence electrons. The number of carbonyl (C=O) groups is 1. The molecule has 2 heterocycles. The van der Waals surface area contributed by atoms with Gasteiger partial charge in [0, 0.05) is 17.2 Å². The largest absolute Gasteiger partial charge is 0.488 e. The summed E-state index contributed by atoms with van der Waals surface area (Å²) in [6.07, 6.45) is 0.840. The van der Waals surface area contributed by atoms with Crippen molar-refractivity contribution in [3.05, 3.63) is 76.6 Å². The average molecular weight is 487 g/mol. The minimum Gasteiger partial charge on any atom is -0.488 e. The molecule has 1 saturated heterocycles. The van der Waals surface area contributed by atoms with E-state index < -0.39 is 5.97 Å².